The molecule has 2 unspecified atom stereocenters. The molecule has 2 heterocycles. The lowest BCUT2D eigenvalue weighted by atomic mass is 10.1. The first-order valence-corrected chi connectivity index (χ1v) is 10.1. The molecule has 2 aromatic rings. The molecule has 3 rings (SSSR count). The molecule has 0 saturated carbocycles. The van der Waals surface area contributed by atoms with Gasteiger partial charge in [0, 0.05) is 44.5 Å². The van der Waals surface area contributed by atoms with Gasteiger partial charge in [-0.2, -0.15) is 0 Å². The summed E-state index contributed by atoms with van der Waals surface area (Å²) in [6.45, 7) is 9.55. The molecule has 3 N–H and O–H groups in total. The van der Waals surface area contributed by atoms with Crippen LogP contribution in [0, 0.1) is 5.92 Å². The Bertz CT molecular complexity index is 821. The second-order valence-electron chi connectivity index (χ2n) is 7.83. The second-order valence-corrected chi connectivity index (χ2v) is 7.83. The SMILES string of the molecule is CN=C(NCc1ccc(NC(=O)c2ccco2)cc1)NC1CN(C(C)C)CC1C.I. The molecule has 2 atom stereocenters. The summed E-state index contributed by atoms with van der Waals surface area (Å²) in [5, 5.41) is 9.75. The molecule has 164 valence electrons. The van der Waals surface area contributed by atoms with Gasteiger partial charge in [0.05, 0.1) is 6.26 Å². The fraction of sp³-hybridized carbons (Fsp3) is 0.455. The Morgan fingerprint density at radius 1 is 1.23 bits per heavy atom. The van der Waals surface area contributed by atoms with E-state index in [1.807, 2.05) is 24.3 Å². The third-order valence-electron chi connectivity index (χ3n) is 5.33. The lowest BCUT2D eigenvalue weighted by Crippen LogP contribution is -2.46. The highest BCUT2D eigenvalue weighted by Gasteiger charge is 2.31. The van der Waals surface area contributed by atoms with E-state index in [-0.39, 0.29) is 29.9 Å². The van der Waals surface area contributed by atoms with Crippen molar-refractivity contribution in [2.24, 2.45) is 10.9 Å². The summed E-state index contributed by atoms with van der Waals surface area (Å²) in [4.78, 5) is 18.9. The Balaban J connectivity index is 0.00000320. The van der Waals surface area contributed by atoms with Crippen LogP contribution >= 0.6 is 24.0 Å². The van der Waals surface area contributed by atoms with E-state index in [0.717, 1.165) is 30.3 Å². The van der Waals surface area contributed by atoms with Crippen molar-refractivity contribution in [1.29, 1.82) is 0 Å². The van der Waals surface area contributed by atoms with Gasteiger partial charge in [-0.15, -0.1) is 24.0 Å². The van der Waals surface area contributed by atoms with Crippen LogP contribution in [-0.4, -0.2) is 49.0 Å². The van der Waals surface area contributed by atoms with Crippen molar-refractivity contribution >= 4 is 41.5 Å². The summed E-state index contributed by atoms with van der Waals surface area (Å²) in [5.74, 6) is 1.42. The first-order chi connectivity index (χ1) is 14.0. The lowest BCUT2D eigenvalue weighted by molar-refractivity contribution is 0.0996. The van der Waals surface area contributed by atoms with Gasteiger partial charge in [-0.1, -0.05) is 19.1 Å². The Kier molecular flexibility index (Phi) is 9.16. The number of rotatable bonds is 6. The quantitative estimate of drug-likeness (QED) is 0.306. The van der Waals surface area contributed by atoms with Gasteiger partial charge in [0.2, 0.25) is 0 Å². The average molecular weight is 525 g/mol. The van der Waals surface area contributed by atoms with E-state index in [1.54, 1.807) is 19.2 Å². The van der Waals surface area contributed by atoms with Gasteiger partial charge in [-0.05, 0) is 49.6 Å². The fourth-order valence-electron chi connectivity index (χ4n) is 3.48. The lowest BCUT2D eigenvalue weighted by Gasteiger charge is -2.22. The van der Waals surface area contributed by atoms with Crippen molar-refractivity contribution < 1.29 is 9.21 Å². The van der Waals surface area contributed by atoms with E-state index in [9.17, 15) is 4.79 Å². The summed E-state index contributed by atoms with van der Waals surface area (Å²) >= 11 is 0. The zero-order chi connectivity index (χ0) is 20.8. The van der Waals surface area contributed by atoms with Gasteiger partial charge >= 0.3 is 0 Å². The number of guanidine groups is 1. The molecule has 30 heavy (non-hydrogen) atoms. The Labute approximate surface area is 195 Å². The molecule has 0 aliphatic carbocycles. The van der Waals surface area contributed by atoms with Gasteiger partial charge in [-0.25, -0.2) is 0 Å². The zero-order valence-electron chi connectivity index (χ0n) is 18.0. The van der Waals surface area contributed by atoms with Crippen molar-refractivity contribution in [2.75, 3.05) is 25.5 Å². The van der Waals surface area contributed by atoms with Crippen molar-refractivity contribution in [3.63, 3.8) is 0 Å². The van der Waals surface area contributed by atoms with Crippen molar-refractivity contribution in [1.82, 2.24) is 15.5 Å². The predicted octanol–water partition coefficient (Wildman–Crippen LogP) is 3.54. The number of furan rings is 1. The van der Waals surface area contributed by atoms with Gasteiger partial charge < -0.3 is 20.4 Å². The Morgan fingerprint density at radius 3 is 2.53 bits per heavy atom. The van der Waals surface area contributed by atoms with E-state index in [2.05, 4.69) is 46.6 Å². The maximum Gasteiger partial charge on any atom is 0.291 e. The summed E-state index contributed by atoms with van der Waals surface area (Å²) < 4.78 is 5.10. The van der Waals surface area contributed by atoms with E-state index in [1.165, 1.54) is 6.26 Å². The van der Waals surface area contributed by atoms with E-state index >= 15 is 0 Å². The first-order valence-electron chi connectivity index (χ1n) is 10.1. The Morgan fingerprint density at radius 2 is 1.97 bits per heavy atom. The number of carbonyl (C=O) groups excluding carboxylic acids is 1. The highest BCUT2D eigenvalue weighted by atomic mass is 127. The van der Waals surface area contributed by atoms with Gasteiger partial charge in [-0.3, -0.25) is 14.7 Å². The number of benzene rings is 1. The Hall–Kier alpha value is -2.07. The number of nitrogens with one attached hydrogen (secondary N) is 3. The predicted molar refractivity (Wildman–Crippen MR) is 132 cm³/mol. The molecule has 1 aliphatic heterocycles. The smallest absolute Gasteiger partial charge is 0.291 e. The maximum atomic E-state index is 12.0. The van der Waals surface area contributed by atoms with E-state index in [0.29, 0.717) is 30.3 Å². The number of hydrogen-bond donors (Lipinski definition) is 3. The summed E-state index contributed by atoms with van der Waals surface area (Å²) in [5.41, 5.74) is 1.83. The number of aliphatic imine (C=N–C) groups is 1. The molecule has 1 saturated heterocycles. The second kappa shape index (κ2) is 11.4. The molecule has 7 nitrogen and oxygen atoms in total. The fourth-order valence-corrected chi connectivity index (χ4v) is 3.48. The number of carbonyl (C=O) groups is 1. The summed E-state index contributed by atoms with van der Waals surface area (Å²) in [6, 6.07) is 12.0. The highest BCUT2D eigenvalue weighted by Crippen LogP contribution is 2.18. The topological polar surface area (TPSA) is 81.9 Å². The third-order valence-corrected chi connectivity index (χ3v) is 5.33. The van der Waals surface area contributed by atoms with Crippen molar-refractivity contribution in [3.8, 4) is 0 Å². The molecule has 1 fully saturated rings. The summed E-state index contributed by atoms with van der Waals surface area (Å²) in [6.07, 6.45) is 1.48. The monoisotopic (exact) mass is 525 g/mol. The molecular weight excluding hydrogens is 493 g/mol. The van der Waals surface area contributed by atoms with Gasteiger partial charge in [0.25, 0.3) is 5.91 Å². The number of hydrogen-bond acceptors (Lipinski definition) is 4. The van der Waals surface area contributed by atoms with Crippen LogP contribution in [0.3, 0.4) is 0 Å². The van der Waals surface area contributed by atoms with Crippen LogP contribution in [0.5, 0.6) is 0 Å². The molecular formula is C22H32IN5O2. The number of halogens is 1. The molecule has 1 amide bonds. The van der Waals surface area contributed by atoms with Gasteiger partial charge in [0.15, 0.2) is 11.7 Å². The van der Waals surface area contributed by atoms with Crippen LogP contribution in [0.25, 0.3) is 0 Å². The zero-order valence-corrected chi connectivity index (χ0v) is 20.3. The molecule has 0 radical (unpaired) electrons. The van der Waals surface area contributed by atoms with Crippen LogP contribution in [0.1, 0.15) is 36.9 Å². The molecule has 1 aromatic heterocycles. The molecule has 8 heteroatoms. The van der Waals surface area contributed by atoms with Crippen LogP contribution < -0.4 is 16.0 Å². The normalized spacial score (nSPS) is 19.4. The van der Waals surface area contributed by atoms with Crippen LogP contribution in [0.15, 0.2) is 52.1 Å². The van der Waals surface area contributed by atoms with Crippen molar-refractivity contribution in [2.45, 2.75) is 39.4 Å². The third kappa shape index (κ3) is 6.46. The molecule has 0 spiro atoms. The average Bonchev–Trinajstić information content (AvgIpc) is 3.36. The number of amides is 1. The molecule has 1 aromatic carbocycles. The minimum Gasteiger partial charge on any atom is -0.459 e. The first kappa shape index (κ1) is 24.2. The molecule has 1 aliphatic rings. The number of nitrogens with zero attached hydrogens (tertiary/aromatic N) is 2. The van der Waals surface area contributed by atoms with Gasteiger partial charge in [0.1, 0.15) is 0 Å². The standard InChI is InChI=1S/C22H31N5O2.HI/c1-15(2)27-13-16(3)19(14-27)26-22(23-4)24-12-17-7-9-18(10-8-17)25-21(28)20-6-5-11-29-20;/h5-11,15-16,19H,12-14H2,1-4H3,(H,25,28)(H2,23,24,26);1H. The summed E-state index contributed by atoms with van der Waals surface area (Å²) in [7, 11) is 1.79. The molecule has 0 bridgehead atoms. The van der Waals surface area contributed by atoms with Crippen LogP contribution in [-0.2, 0) is 6.54 Å². The maximum absolute atomic E-state index is 12.0. The minimum absolute atomic E-state index is 0. The number of anilines is 1. The minimum atomic E-state index is -0.258. The van der Waals surface area contributed by atoms with Crippen LogP contribution in [0.2, 0.25) is 0 Å². The largest absolute Gasteiger partial charge is 0.459 e. The van der Waals surface area contributed by atoms with Crippen molar-refractivity contribution in [3.05, 3.63) is 54.0 Å². The van der Waals surface area contributed by atoms with E-state index < -0.39 is 0 Å². The number of likely N-dealkylation sites (tertiary alicyclic amines) is 1. The van der Waals surface area contributed by atoms with Crippen LogP contribution in [0.4, 0.5) is 5.69 Å². The highest BCUT2D eigenvalue weighted by molar-refractivity contribution is 14.0. The van der Waals surface area contributed by atoms with E-state index in [4.69, 9.17) is 4.42 Å².